The van der Waals surface area contributed by atoms with Crippen LogP contribution in [0.1, 0.15) is 35.1 Å². The molecule has 0 N–H and O–H groups in total. The first-order valence-corrected chi connectivity index (χ1v) is 8.12. The SMILES string of the molecule is Cc1ccc(C2(c3ccc(C)cc3)OC2C(=O)OC2CC2)cc1. The molecule has 0 bridgehead atoms. The third-order valence-corrected chi connectivity index (χ3v) is 4.60. The summed E-state index contributed by atoms with van der Waals surface area (Å²) in [5.74, 6) is -0.242. The zero-order valence-electron chi connectivity index (χ0n) is 13.4. The predicted octanol–water partition coefficient (Wildman–Crippen LogP) is 3.65. The maximum absolute atomic E-state index is 12.4. The van der Waals surface area contributed by atoms with E-state index in [1.807, 2.05) is 24.3 Å². The summed E-state index contributed by atoms with van der Waals surface area (Å²) in [6.07, 6.45) is 1.50. The van der Waals surface area contributed by atoms with Crippen molar-refractivity contribution in [3.8, 4) is 0 Å². The van der Waals surface area contributed by atoms with E-state index in [2.05, 4.69) is 38.1 Å². The summed E-state index contributed by atoms with van der Waals surface area (Å²) in [6, 6.07) is 16.4. The molecule has 2 aromatic carbocycles. The molecule has 0 spiro atoms. The quantitative estimate of drug-likeness (QED) is 0.639. The summed E-state index contributed by atoms with van der Waals surface area (Å²) in [4.78, 5) is 12.4. The molecule has 4 rings (SSSR count). The van der Waals surface area contributed by atoms with E-state index in [-0.39, 0.29) is 12.1 Å². The van der Waals surface area contributed by atoms with E-state index in [1.54, 1.807) is 0 Å². The first-order chi connectivity index (χ1) is 11.1. The molecule has 0 aromatic heterocycles. The van der Waals surface area contributed by atoms with E-state index < -0.39 is 11.7 Å². The van der Waals surface area contributed by atoms with Crippen molar-refractivity contribution in [2.24, 2.45) is 0 Å². The Bertz CT molecular complexity index is 681. The van der Waals surface area contributed by atoms with Crippen LogP contribution in [0.5, 0.6) is 0 Å². The average Bonchev–Trinajstić information content (AvgIpc) is 3.43. The number of ether oxygens (including phenoxy) is 2. The maximum Gasteiger partial charge on any atom is 0.339 e. The van der Waals surface area contributed by atoms with Crippen LogP contribution in [0.15, 0.2) is 48.5 Å². The van der Waals surface area contributed by atoms with Crippen LogP contribution >= 0.6 is 0 Å². The lowest BCUT2D eigenvalue weighted by Crippen LogP contribution is -2.23. The zero-order valence-corrected chi connectivity index (χ0v) is 13.4. The van der Waals surface area contributed by atoms with Crippen LogP contribution in [0.4, 0.5) is 0 Å². The van der Waals surface area contributed by atoms with Crippen molar-refractivity contribution >= 4 is 5.97 Å². The summed E-state index contributed by atoms with van der Waals surface area (Å²) in [5, 5.41) is 0. The van der Waals surface area contributed by atoms with Gasteiger partial charge >= 0.3 is 5.97 Å². The van der Waals surface area contributed by atoms with Crippen molar-refractivity contribution in [1.82, 2.24) is 0 Å². The molecule has 1 unspecified atom stereocenters. The van der Waals surface area contributed by atoms with Gasteiger partial charge in [-0.25, -0.2) is 4.79 Å². The molecule has 1 heterocycles. The molecule has 23 heavy (non-hydrogen) atoms. The summed E-state index contributed by atoms with van der Waals surface area (Å²) in [6.45, 7) is 4.10. The minimum absolute atomic E-state index is 0.0976. The Hall–Kier alpha value is -2.13. The largest absolute Gasteiger partial charge is 0.460 e. The monoisotopic (exact) mass is 308 g/mol. The smallest absolute Gasteiger partial charge is 0.339 e. The third kappa shape index (κ3) is 2.55. The molecular formula is C20H20O3. The number of aryl methyl sites for hydroxylation is 2. The molecule has 1 saturated carbocycles. The first kappa shape index (κ1) is 14.5. The Labute approximate surface area is 136 Å². The highest BCUT2D eigenvalue weighted by Gasteiger charge is 2.64. The van der Waals surface area contributed by atoms with Gasteiger partial charge < -0.3 is 9.47 Å². The topological polar surface area (TPSA) is 38.8 Å². The van der Waals surface area contributed by atoms with E-state index in [0.29, 0.717) is 0 Å². The van der Waals surface area contributed by atoms with Crippen molar-refractivity contribution < 1.29 is 14.3 Å². The van der Waals surface area contributed by atoms with Gasteiger partial charge in [0.2, 0.25) is 0 Å². The second-order valence-corrected chi connectivity index (χ2v) is 6.60. The van der Waals surface area contributed by atoms with Gasteiger partial charge in [0.05, 0.1) is 0 Å². The predicted molar refractivity (Wildman–Crippen MR) is 87.1 cm³/mol. The van der Waals surface area contributed by atoms with Gasteiger partial charge in [0, 0.05) is 0 Å². The van der Waals surface area contributed by atoms with Gasteiger partial charge in [-0.1, -0.05) is 59.7 Å². The van der Waals surface area contributed by atoms with Crippen LogP contribution in [-0.2, 0) is 19.9 Å². The maximum atomic E-state index is 12.4. The Kier molecular flexibility index (Phi) is 3.27. The Balaban J connectivity index is 1.71. The second-order valence-electron chi connectivity index (χ2n) is 6.60. The van der Waals surface area contributed by atoms with Crippen molar-refractivity contribution in [2.75, 3.05) is 0 Å². The van der Waals surface area contributed by atoms with Gasteiger partial charge in [0.1, 0.15) is 6.10 Å². The van der Waals surface area contributed by atoms with Gasteiger partial charge in [-0.2, -0.15) is 0 Å². The number of carbonyl (C=O) groups excluding carboxylic acids is 1. The molecule has 0 radical (unpaired) electrons. The van der Waals surface area contributed by atoms with Gasteiger partial charge in [-0.3, -0.25) is 0 Å². The van der Waals surface area contributed by atoms with Crippen LogP contribution in [0.25, 0.3) is 0 Å². The number of esters is 1. The number of benzene rings is 2. The second kappa shape index (κ2) is 5.20. The Morgan fingerprint density at radius 2 is 1.43 bits per heavy atom. The lowest BCUT2D eigenvalue weighted by Gasteiger charge is -2.15. The molecule has 1 aliphatic heterocycles. The normalized spacial score (nSPS) is 21.7. The molecule has 2 fully saturated rings. The fraction of sp³-hybridized carbons (Fsp3) is 0.350. The van der Waals surface area contributed by atoms with E-state index in [1.165, 1.54) is 11.1 Å². The van der Waals surface area contributed by atoms with Crippen molar-refractivity contribution in [3.05, 3.63) is 70.8 Å². The minimum atomic E-state index is -0.701. The summed E-state index contributed by atoms with van der Waals surface area (Å²) in [5.41, 5.74) is 3.68. The summed E-state index contributed by atoms with van der Waals surface area (Å²) in [7, 11) is 0. The summed E-state index contributed by atoms with van der Waals surface area (Å²) < 4.78 is 11.4. The molecule has 1 atom stereocenters. The highest BCUT2D eigenvalue weighted by Crippen LogP contribution is 2.52. The minimum Gasteiger partial charge on any atom is -0.460 e. The molecule has 0 amide bonds. The molecule has 2 aliphatic rings. The number of rotatable bonds is 4. The number of carbonyl (C=O) groups is 1. The standard InChI is InChI=1S/C20H20O3/c1-13-3-7-15(8-4-13)20(16-9-5-14(2)6-10-16)18(23-20)19(21)22-17-11-12-17/h3-10,17-18H,11-12H2,1-2H3. The fourth-order valence-electron chi connectivity index (χ4n) is 2.99. The zero-order chi connectivity index (χ0) is 16.0. The highest BCUT2D eigenvalue weighted by molar-refractivity contribution is 5.82. The van der Waals surface area contributed by atoms with Gasteiger partial charge in [-0.05, 0) is 37.8 Å². The highest BCUT2D eigenvalue weighted by atomic mass is 16.7. The molecular weight excluding hydrogens is 288 g/mol. The molecule has 1 aliphatic carbocycles. The average molecular weight is 308 g/mol. The van der Waals surface area contributed by atoms with Gasteiger partial charge in [0.25, 0.3) is 0 Å². The van der Waals surface area contributed by atoms with Gasteiger partial charge in [-0.15, -0.1) is 0 Å². The number of hydrogen-bond acceptors (Lipinski definition) is 3. The van der Waals surface area contributed by atoms with E-state index in [0.717, 1.165) is 24.0 Å². The lowest BCUT2D eigenvalue weighted by molar-refractivity contribution is -0.146. The lowest BCUT2D eigenvalue weighted by atomic mass is 9.87. The van der Waals surface area contributed by atoms with Crippen molar-refractivity contribution in [3.63, 3.8) is 0 Å². The number of epoxide rings is 1. The first-order valence-electron chi connectivity index (χ1n) is 8.12. The van der Waals surface area contributed by atoms with Crippen LogP contribution < -0.4 is 0 Å². The molecule has 1 saturated heterocycles. The molecule has 2 aromatic rings. The fourth-order valence-corrected chi connectivity index (χ4v) is 2.99. The van der Waals surface area contributed by atoms with Crippen molar-refractivity contribution in [2.45, 2.75) is 44.5 Å². The Morgan fingerprint density at radius 3 is 1.87 bits per heavy atom. The molecule has 3 nitrogen and oxygen atoms in total. The Morgan fingerprint density at radius 1 is 0.957 bits per heavy atom. The molecule has 118 valence electrons. The van der Waals surface area contributed by atoms with E-state index >= 15 is 0 Å². The van der Waals surface area contributed by atoms with Crippen LogP contribution in [0.2, 0.25) is 0 Å². The van der Waals surface area contributed by atoms with Crippen LogP contribution in [0, 0.1) is 13.8 Å². The van der Waals surface area contributed by atoms with Crippen LogP contribution in [0.3, 0.4) is 0 Å². The third-order valence-electron chi connectivity index (χ3n) is 4.60. The van der Waals surface area contributed by atoms with Gasteiger partial charge in [0.15, 0.2) is 11.7 Å². The number of hydrogen-bond donors (Lipinski definition) is 0. The van der Waals surface area contributed by atoms with E-state index in [9.17, 15) is 4.79 Å². The van der Waals surface area contributed by atoms with Crippen molar-refractivity contribution in [1.29, 1.82) is 0 Å². The van der Waals surface area contributed by atoms with E-state index in [4.69, 9.17) is 9.47 Å². The van der Waals surface area contributed by atoms with Crippen LogP contribution in [-0.4, -0.2) is 18.2 Å². The summed E-state index contributed by atoms with van der Waals surface area (Å²) >= 11 is 0. The molecule has 3 heteroatoms.